The Bertz CT molecular complexity index is 1600. The molecule has 1 heterocycles. The lowest BCUT2D eigenvalue weighted by Crippen LogP contribution is -2.28. The van der Waals surface area contributed by atoms with Crippen molar-refractivity contribution in [2.45, 2.75) is 72.1 Å². The molecule has 2 aromatic carbocycles. The summed E-state index contributed by atoms with van der Waals surface area (Å²) in [6.07, 6.45) is 10.8. The number of ether oxygens (including phenoxy) is 1. The van der Waals surface area contributed by atoms with Gasteiger partial charge in [-0.15, -0.1) is 0 Å². The third-order valence-electron chi connectivity index (χ3n) is 7.63. The molecule has 1 aromatic heterocycles. The Labute approximate surface area is 284 Å². The van der Waals surface area contributed by atoms with Crippen LogP contribution in [0.25, 0.3) is 10.9 Å². The van der Waals surface area contributed by atoms with Gasteiger partial charge in [-0.2, -0.15) is 0 Å². The van der Waals surface area contributed by atoms with Gasteiger partial charge in [0.25, 0.3) is 0 Å². The second kappa shape index (κ2) is 20.3. The van der Waals surface area contributed by atoms with Gasteiger partial charge in [-0.05, 0) is 93.2 Å². The number of unbranched alkanes of at least 4 members (excludes halogenated alkanes) is 3. The molecular weight excluding hydrogens is 634 g/mol. The summed E-state index contributed by atoms with van der Waals surface area (Å²) in [4.78, 5) is 35.4. The first kappa shape index (κ1) is 40.0. The number of hydrogen-bond donors (Lipinski definition) is 3. The minimum Gasteiger partial charge on any atom is -0.494 e. The summed E-state index contributed by atoms with van der Waals surface area (Å²) >= 11 is 0. The summed E-state index contributed by atoms with van der Waals surface area (Å²) in [5.41, 5.74) is 3.61. The maximum atomic E-state index is 13.8. The lowest BCUT2D eigenvalue weighted by Gasteiger charge is -2.21. The molecule has 48 heavy (non-hydrogen) atoms. The van der Waals surface area contributed by atoms with E-state index in [-0.39, 0.29) is 5.78 Å². The van der Waals surface area contributed by atoms with Crippen LogP contribution in [0.1, 0.15) is 87.3 Å². The van der Waals surface area contributed by atoms with Crippen LogP contribution in [0.4, 0.5) is 5.69 Å². The molecule has 0 aliphatic heterocycles. The molecule has 0 bridgehead atoms. The number of ketones is 1. The molecule has 0 aliphatic carbocycles. The molecule has 0 spiro atoms. The molecule has 264 valence electrons. The molecule has 0 radical (unpaired) electrons. The zero-order valence-electron chi connectivity index (χ0n) is 28.8. The average Bonchev–Trinajstić information content (AvgIpc) is 3.31. The van der Waals surface area contributed by atoms with E-state index in [1.54, 1.807) is 6.07 Å². The van der Waals surface area contributed by atoms with Gasteiger partial charge >= 0.3 is 11.9 Å². The number of benzene rings is 2. The highest BCUT2D eigenvalue weighted by Gasteiger charge is 2.22. The zero-order valence-corrected chi connectivity index (χ0v) is 29.6. The second-order valence-corrected chi connectivity index (χ2v) is 13.5. The molecule has 0 saturated carbocycles. The van der Waals surface area contributed by atoms with Crippen LogP contribution in [0, 0.1) is 0 Å². The minimum atomic E-state index is -3.40. The fraction of sp³-hybridized carbons (Fsp3) is 0.472. The minimum absolute atomic E-state index is 0.0449. The number of nitrogens with one attached hydrogen (secondary N) is 1. The number of carbonyl (C=O) groups excluding carboxylic acids is 1. The Balaban J connectivity index is 0.000000886. The zero-order chi connectivity index (χ0) is 35.7. The smallest absolute Gasteiger partial charge is 0.328 e. The van der Waals surface area contributed by atoms with Crippen LogP contribution in [-0.2, 0) is 33.1 Å². The van der Waals surface area contributed by atoms with Crippen LogP contribution in [0.15, 0.2) is 54.6 Å². The van der Waals surface area contributed by atoms with Crippen molar-refractivity contribution in [3.63, 3.8) is 0 Å². The summed E-state index contributed by atoms with van der Waals surface area (Å²) in [5, 5.41) is 16.5. The Morgan fingerprint density at radius 3 is 1.94 bits per heavy atom. The van der Waals surface area contributed by atoms with E-state index >= 15 is 0 Å². The number of aromatic nitrogens is 1. The van der Waals surface area contributed by atoms with Gasteiger partial charge in [0.2, 0.25) is 15.8 Å². The predicted octanol–water partition coefficient (Wildman–Crippen LogP) is 6.51. The van der Waals surface area contributed by atoms with Crippen molar-refractivity contribution >= 4 is 44.3 Å². The van der Waals surface area contributed by atoms with Crippen molar-refractivity contribution in [3.05, 3.63) is 71.4 Å². The largest absolute Gasteiger partial charge is 0.494 e. The molecule has 12 heteroatoms. The molecule has 3 rings (SSSR count). The first-order valence-electron chi connectivity index (χ1n) is 16.5. The molecule has 0 aliphatic rings. The van der Waals surface area contributed by atoms with Crippen LogP contribution in [-0.4, -0.2) is 78.3 Å². The summed E-state index contributed by atoms with van der Waals surface area (Å²) < 4.78 is 34.1. The van der Waals surface area contributed by atoms with Gasteiger partial charge in [0.05, 0.1) is 18.6 Å². The van der Waals surface area contributed by atoms with E-state index in [0.717, 1.165) is 73.8 Å². The first-order chi connectivity index (χ1) is 22.8. The summed E-state index contributed by atoms with van der Waals surface area (Å²) in [5.74, 6) is -1.79. The van der Waals surface area contributed by atoms with E-state index in [2.05, 4.69) is 30.4 Å². The van der Waals surface area contributed by atoms with Crippen LogP contribution >= 0.6 is 0 Å². The van der Waals surface area contributed by atoms with Gasteiger partial charge in [0.15, 0.2) is 0 Å². The Hall–Kier alpha value is -4.16. The van der Waals surface area contributed by atoms with E-state index in [9.17, 15) is 22.8 Å². The van der Waals surface area contributed by atoms with Crippen LogP contribution in [0.5, 0.6) is 5.75 Å². The molecule has 3 N–H and O–H groups in total. The van der Waals surface area contributed by atoms with Crippen LogP contribution in [0.2, 0.25) is 0 Å². The van der Waals surface area contributed by atoms with E-state index in [4.69, 9.17) is 14.9 Å². The van der Waals surface area contributed by atoms with Gasteiger partial charge in [-0.3, -0.25) is 9.52 Å². The SMILES string of the molecule is CCCCc1c(C(=O)c2ccc(OCCCN(CCCC)CCCC)cc2)n(C)c2ccc(NS(C)(=O)=O)cc12.O=C(O)C=CC(=O)O. The lowest BCUT2D eigenvalue weighted by atomic mass is 9.99. The maximum absolute atomic E-state index is 13.8. The van der Waals surface area contributed by atoms with Gasteiger partial charge in [-0.25, -0.2) is 18.0 Å². The van der Waals surface area contributed by atoms with Crippen molar-refractivity contribution < 1.29 is 37.8 Å². The van der Waals surface area contributed by atoms with Gasteiger partial charge in [-0.1, -0.05) is 40.0 Å². The number of carbonyl (C=O) groups is 3. The van der Waals surface area contributed by atoms with Crippen LogP contribution in [0.3, 0.4) is 0 Å². The summed E-state index contributed by atoms with van der Waals surface area (Å²) in [6, 6.07) is 12.9. The quantitative estimate of drug-likeness (QED) is 0.0686. The van der Waals surface area contributed by atoms with Gasteiger partial charge < -0.3 is 24.4 Å². The van der Waals surface area contributed by atoms with Gasteiger partial charge in [0, 0.05) is 47.9 Å². The number of nitrogens with zero attached hydrogens (tertiary/aromatic N) is 2. The van der Waals surface area contributed by atoms with Crippen molar-refractivity contribution in [1.82, 2.24) is 9.47 Å². The van der Waals surface area contributed by atoms with Crippen molar-refractivity contribution in [2.24, 2.45) is 7.05 Å². The third kappa shape index (κ3) is 13.5. The van der Waals surface area contributed by atoms with Crippen molar-refractivity contribution in [3.8, 4) is 5.75 Å². The molecule has 11 nitrogen and oxygen atoms in total. The Morgan fingerprint density at radius 2 is 1.42 bits per heavy atom. The number of aliphatic carboxylic acids is 2. The standard InChI is InChI=1S/C32H47N3O4S.C4H4O4/c1-6-9-13-28-29-24-26(33-40(5,37)38)16-19-30(29)34(4)31(28)32(36)25-14-17-27(18-15-25)39-23-12-22-35(20-10-7-2)21-11-8-3;5-3(6)1-2-4(7)8/h14-19,24,33H,6-13,20-23H2,1-5H3;1-2H,(H,5,6)(H,7,8). The number of hydrogen-bond acceptors (Lipinski definition) is 7. The predicted molar refractivity (Wildman–Crippen MR) is 191 cm³/mol. The second-order valence-electron chi connectivity index (χ2n) is 11.7. The number of anilines is 1. The summed E-state index contributed by atoms with van der Waals surface area (Å²) in [6.45, 7) is 10.6. The molecule has 0 saturated heterocycles. The topological polar surface area (TPSA) is 155 Å². The Kier molecular flexibility index (Phi) is 16.9. The highest BCUT2D eigenvalue weighted by molar-refractivity contribution is 7.92. The summed E-state index contributed by atoms with van der Waals surface area (Å²) in [7, 11) is -1.50. The molecular formula is C36H51N3O8S. The van der Waals surface area contributed by atoms with E-state index in [1.165, 1.54) is 25.7 Å². The normalized spacial score (nSPS) is 11.5. The Morgan fingerprint density at radius 1 is 0.854 bits per heavy atom. The average molecular weight is 686 g/mol. The van der Waals surface area contributed by atoms with Gasteiger partial charge in [0.1, 0.15) is 5.75 Å². The van der Waals surface area contributed by atoms with E-state index in [0.29, 0.717) is 35.7 Å². The van der Waals surface area contributed by atoms with Crippen LogP contribution < -0.4 is 9.46 Å². The molecule has 0 unspecified atom stereocenters. The molecule has 0 atom stereocenters. The fourth-order valence-corrected chi connectivity index (χ4v) is 5.81. The van der Waals surface area contributed by atoms with E-state index < -0.39 is 22.0 Å². The number of aryl methyl sites for hydroxylation is 2. The van der Waals surface area contributed by atoms with Crippen molar-refractivity contribution in [1.29, 1.82) is 0 Å². The fourth-order valence-electron chi connectivity index (χ4n) is 5.25. The molecule has 0 fully saturated rings. The number of fused-ring (bicyclic) bond motifs is 1. The number of carboxylic acids is 2. The highest BCUT2D eigenvalue weighted by Crippen LogP contribution is 2.31. The number of carboxylic acid groups (broad SMARTS) is 2. The number of sulfonamides is 1. The maximum Gasteiger partial charge on any atom is 0.328 e. The molecule has 0 amide bonds. The third-order valence-corrected chi connectivity index (χ3v) is 8.24. The van der Waals surface area contributed by atoms with E-state index in [1.807, 2.05) is 48.0 Å². The molecule has 3 aromatic rings. The number of rotatable bonds is 20. The lowest BCUT2D eigenvalue weighted by molar-refractivity contribution is -0.134. The highest BCUT2D eigenvalue weighted by atomic mass is 32.2. The first-order valence-corrected chi connectivity index (χ1v) is 18.4. The van der Waals surface area contributed by atoms with Crippen molar-refractivity contribution in [2.75, 3.05) is 37.2 Å². The monoisotopic (exact) mass is 685 g/mol.